The third kappa shape index (κ3) is 4.29. The number of halogens is 1. The molecule has 1 aromatic rings. The van der Waals surface area contributed by atoms with Crippen molar-refractivity contribution in [3.05, 3.63) is 23.2 Å². The van der Waals surface area contributed by atoms with Crippen molar-refractivity contribution in [1.29, 1.82) is 0 Å². The van der Waals surface area contributed by atoms with Crippen molar-refractivity contribution in [2.24, 2.45) is 0 Å². The molecule has 1 fully saturated rings. The summed E-state index contributed by atoms with van der Waals surface area (Å²) >= 11 is 5.94. The Balaban J connectivity index is 1.81. The van der Waals surface area contributed by atoms with E-state index in [9.17, 15) is 4.79 Å². The van der Waals surface area contributed by atoms with Crippen LogP contribution < -0.4 is 15.8 Å². The van der Waals surface area contributed by atoms with E-state index in [0.717, 1.165) is 12.8 Å². The number of hydrogen-bond acceptors (Lipinski definition) is 4. The monoisotopic (exact) mass is 284 g/mol. The predicted octanol–water partition coefficient (Wildman–Crippen LogP) is 1.60. The summed E-state index contributed by atoms with van der Waals surface area (Å²) in [6, 6.07) is 5.09. The van der Waals surface area contributed by atoms with Gasteiger partial charge < -0.3 is 20.5 Å². The molecule has 1 saturated heterocycles. The molecule has 1 aliphatic heterocycles. The Labute approximate surface area is 117 Å². The maximum Gasteiger partial charge on any atom is 0.258 e. The van der Waals surface area contributed by atoms with E-state index in [1.165, 1.54) is 0 Å². The number of rotatable bonds is 4. The number of ether oxygens (including phenoxy) is 2. The Morgan fingerprint density at radius 1 is 1.47 bits per heavy atom. The van der Waals surface area contributed by atoms with Gasteiger partial charge in [0.05, 0.1) is 5.02 Å². The van der Waals surface area contributed by atoms with Crippen LogP contribution in [0.15, 0.2) is 18.2 Å². The molecule has 1 aliphatic rings. The molecule has 0 aromatic heterocycles. The van der Waals surface area contributed by atoms with Gasteiger partial charge in [0.15, 0.2) is 6.61 Å². The summed E-state index contributed by atoms with van der Waals surface area (Å²) < 4.78 is 10.6. The highest BCUT2D eigenvalue weighted by atomic mass is 35.5. The molecule has 1 aromatic carbocycles. The van der Waals surface area contributed by atoms with Crippen molar-refractivity contribution < 1.29 is 14.3 Å². The van der Waals surface area contributed by atoms with Gasteiger partial charge in [0.2, 0.25) is 0 Å². The van der Waals surface area contributed by atoms with Gasteiger partial charge in [0, 0.05) is 31.0 Å². The minimum atomic E-state index is -0.162. The van der Waals surface area contributed by atoms with Crippen LogP contribution in [0, 0.1) is 0 Å². The molecule has 0 atom stereocenters. The average molecular weight is 285 g/mol. The maximum atomic E-state index is 11.7. The zero-order valence-electron chi connectivity index (χ0n) is 10.5. The normalized spacial score (nSPS) is 16.1. The molecule has 0 radical (unpaired) electrons. The number of hydrogen-bond donors (Lipinski definition) is 2. The first-order valence-corrected chi connectivity index (χ1v) is 6.58. The summed E-state index contributed by atoms with van der Waals surface area (Å²) in [5.74, 6) is 0.259. The van der Waals surface area contributed by atoms with Gasteiger partial charge in [0.1, 0.15) is 5.75 Å². The second-order valence-corrected chi connectivity index (χ2v) is 4.84. The van der Waals surface area contributed by atoms with E-state index in [1.807, 2.05) is 0 Å². The zero-order chi connectivity index (χ0) is 13.7. The first-order valence-electron chi connectivity index (χ1n) is 6.20. The fraction of sp³-hybridized carbons (Fsp3) is 0.462. The highest BCUT2D eigenvalue weighted by Gasteiger charge is 2.16. The maximum absolute atomic E-state index is 11.7. The number of nitrogens with two attached hydrogens (primary N) is 1. The molecule has 3 N–H and O–H groups in total. The number of carbonyl (C=O) groups excluding carboxylic acids is 1. The minimum Gasteiger partial charge on any atom is -0.482 e. The highest BCUT2D eigenvalue weighted by molar-refractivity contribution is 6.32. The third-order valence-electron chi connectivity index (χ3n) is 2.90. The van der Waals surface area contributed by atoms with Crippen LogP contribution >= 0.6 is 11.6 Å². The minimum absolute atomic E-state index is 0.0689. The van der Waals surface area contributed by atoms with Crippen molar-refractivity contribution in [2.75, 3.05) is 25.6 Å². The topological polar surface area (TPSA) is 73.6 Å². The van der Waals surface area contributed by atoms with Gasteiger partial charge in [-0.15, -0.1) is 0 Å². The van der Waals surface area contributed by atoms with Crippen LogP contribution in [-0.2, 0) is 9.53 Å². The number of nitrogens with one attached hydrogen (secondary N) is 1. The van der Waals surface area contributed by atoms with Gasteiger partial charge in [-0.3, -0.25) is 4.79 Å². The van der Waals surface area contributed by atoms with E-state index < -0.39 is 0 Å². The Hall–Kier alpha value is -1.46. The van der Waals surface area contributed by atoms with Gasteiger partial charge in [-0.1, -0.05) is 11.6 Å². The molecule has 19 heavy (non-hydrogen) atoms. The molecular weight excluding hydrogens is 268 g/mol. The standard InChI is InChI=1S/C13H17ClN2O3/c14-11-2-1-9(15)7-12(11)19-8-13(17)16-10-3-5-18-6-4-10/h1-2,7,10H,3-6,8,15H2,(H,16,17). The summed E-state index contributed by atoms with van der Waals surface area (Å²) in [6.07, 6.45) is 1.68. The van der Waals surface area contributed by atoms with Crippen LogP contribution in [0.1, 0.15) is 12.8 Å². The molecule has 0 aliphatic carbocycles. The van der Waals surface area contributed by atoms with Crippen molar-refractivity contribution >= 4 is 23.2 Å². The van der Waals surface area contributed by atoms with E-state index >= 15 is 0 Å². The molecule has 6 heteroatoms. The van der Waals surface area contributed by atoms with Crippen LogP contribution in [0.5, 0.6) is 5.75 Å². The molecule has 0 spiro atoms. The summed E-state index contributed by atoms with van der Waals surface area (Å²) in [5, 5.41) is 3.34. The van der Waals surface area contributed by atoms with Crippen molar-refractivity contribution in [2.45, 2.75) is 18.9 Å². The first-order chi connectivity index (χ1) is 9.15. The van der Waals surface area contributed by atoms with E-state index in [2.05, 4.69) is 5.32 Å². The lowest BCUT2D eigenvalue weighted by Gasteiger charge is -2.23. The van der Waals surface area contributed by atoms with Crippen LogP contribution in [0.3, 0.4) is 0 Å². The van der Waals surface area contributed by atoms with Crippen LogP contribution in [0.4, 0.5) is 5.69 Å². The number of nitrogen functional groups attached to an aromatic ring is 1. The Bertz CT molecular complexity index is 448. The summed E-state index contributed by atoms with van der Waals surface area (Å²) in [6.45, 7) is 1.31. The summed E-state index contributed by atoms with van der Waals surface area (Å²) in [7, 11) is 0. The SMILES string of the molecule is Nc1ccc(Cl)c(OCC(=O)NC2CCOCC2)c1. The summed E-state index contributed by atoms with van der Waals surface area (Å²) in [4.78, 5) is 11.7. The van der Waals surface area contributed by atoms with Crippen molar-refractivity contribution in [3.8, 4) is 5.75 Å². The lowest BCUT2D eigenvalue weighted by Crippen LogP contribution is -2.41. The fourth-order valence-electron chi connectivity index (χ4n) is 1.89. The van der Waals surface area contributed by atoms with Gasteiger partial charge >= 0.3 is 0 Å². The van der Waals surface area contributed by atoms with Gasteiger partial charge in [-0.2, -0.15) is 0 Å². The first kappa shape index (κ1) is 14.0. The molecule has 104 valence electrons. The lowest BCUT2D eigenvalue weighted by atomic mass is 10.1. The van der Waals surface area contributed by atoms with E-state index in [-0.39, 0.29) is 18.6 Å². The fourth-order valence-corrected chi connectivity index (χ4v) is 2.06. The Morgan fingerprint density at radius 2 is 2.21 bits per heavy atom. The largest absolute Gasteiger partial charge is 0.482 e. The molecule has 5 nitrogen and oxygen atoms in total. The van der Waals surface area contributed by atoms with Crippen LogP contribution in [0.2, 0.25) is 5.02 Å². The van der Waals surface area contributed by atoms with E-state index in [0.29, 0.717) is 29.7 Å². The lowest BCUT2D eigenvalue weighted by molar-refractivity contribution is -0.124. The Morgan fingerprint density at radius 3 is 2.95 bits per heavy atom. The molecule has 2 rings (SSSR count). The van der Waals surface area contributed by atoms with E-state index in [1.54, 1.807) is 18.2 Å². The molecule has 0 unspecified atom stereocenters. The molecule has 0 saturated carbocycles. The third-order valence-corrected chi connectivity index (χ3v) is 3.21. The second kappa shape index (κ2) is 6.63. The molecular formula is C13H17ClN2O3. The zero-order valence-corrected chi connectivity index (χ0v) is 11.3. The number of benzene rings is 1. The second-order valence-electron chi connectivity index (χ2n) is 4.43. The quantitative estimate of drug-likeness (QED) is 0.824. The number of anilines is 1. The number of carbonyl (C=O) groups is 1. The van der Waals surface area contributed by atoms with E-state index in [4.69, 9.17) is 26.8 Å². The highest BCUT2D eigenvalue weighted by Crippen LogP contribution is 2.26. The summed E-state index contributed by atoms with van der Waals surface area (Å²) in [5.41, 5.74) is 6.18. The predicted molar refractivity (Wildman–Crippen MR) is 73.3 cm³/mol. The van der Waals surface area contributed by atoms with Crippen molar-refractivity contribution in [3.63, 3.8) is 0 Å². The van der Waals surface area contributed by atoms with Crippen molar-refractivity contribution in [1.82, 2.24) is 5.32 Å². The molecule has 1 heterocycles. The molecule has 0 bridgehead atoms. The van der Waals surface area contributed by atoms with Crippen LogP contribution in [-0.4, -0.2) is 31.8 Å². The van der Waals surface area contributed by atoms with Gasteiger partial charge in [-0.25, -0.2) is 0 Å². The van der Waals surface area contributed by atoms with Crippen LogP contribution in [0.25, 0.3) is 0 Å². The smallest absolute Gasteiger partial charge is 0.258 e. The molecule has 1 amide bonds. The number of amides is 1. The van der Waals surface area contributed by atoms with Gasteiger partial charge in [-0.05, 0) is 25.0 Å². The van der Waals surface area contributed by atoms with Gasteiger partial charge in [0.25, 0.3) is 5.91 Å². The average Bonchev–Trinajstić information content (AvgIpc) is 2.41. The Kier molecular flexibility index (Phi) is 4.87.